The largest absolute Gasteiger partial charge is 0.486 e. The van der Waals surface area contributed by atoms with Crippen molar-refractivity contribution in [1.82, 2.24) is 0 Å². The number of benzene rings is 3. The molecule has 2 aliphatic rings. The highest BCUT2D eigenvalue weighted by Crippen LogP contribution is 2.31. The van der Waals surface area contributed by atoms with Crippen LogP contribution in [0.1, 0.15) is 60.6 Å². The minimum absolute atomic E-state index is 0.305. The average molecular weight is 471 g/mol. The number of anilines is 2. The molecule has 1 heterocycles. The normalized spacial score (nSPS) is 14.0. The van der Waals surface area contributed by atoms with Crippen LogP contribution in [-0.2, 0) is 12.8 Å². The highest BCUT2D eigenvalue weighted by Gasteiger charge is 2.21. The van der Waals surface area contributed by atoms with Crippen LogP contribution in [0.5, 0.6) is 11.5 Å². The molecule has 35 heavy (non-hydrogen) atoms. The van der Waals surface area contributed by atoms with Crippen LogP contribution >= 0.6 is 0 Å². The summed E-state index contributed by atoms with van der Waals surface area (Å²) in [4.78, 5) is 37.8. The second-order valence-electron chi connectivity index (χ2n) is 8.79. The Labute approximate surface area is 203 Å². The van der Waals surface area contributed by atoms with Gasteiger partial charge in [-0.3, -0.25) is 14.4 Å². The summed E-state index contributed by atoms with van der Waals surface area (Å²) >= 11 is 0. The van der Waals surface area contributed by atoms with Crippen molar-refractivity contribution in [1.29, 1.82) is 0 Å². The Morgan fingerprint density at radius 1 is 0.857 bits per heavy atom. The van der Waals surface area contributed by atoms with Gasteiger partial charge >= 0.3 is 0 Å². The van der Waals surface area contributed by atoms with E-state index in [1.54, 1.807) is 36.4 Å². The van der Waals surface area contributed by atoms with Crippen LogP contribution < -0.4 is 20.1 Å². The lowest BCUT2D eigenvalue weighted by Crippen LogP contribution is -2.19. The molecule has 2 amide bonds. The first kappa shape index (κ1) is 22.7. The van der Waals surface area contributed by atoms with Crippen molar-refractivity contribution in [2.75, 3.05) is 23.8 Å². The molecule has 0 fully saturated rings. The number of ether oxygens (including phenoxy) is 2. The number of hydrogen-bond donors (Lipinski definition) is 2. The lowest BCUT2D eigenvalue weighted by atomic mass is 9.86. The molecule has 0 unspecified atom stereocenters. The number of fused-ring (bicyclic) bond motifs is 2. The van der Waals surface area contributed by atoms with E-state index in [-0.39, 0.29) is 11.8 Å². The van der Waals surface area contributed by atoms with Crippen LogP contribution in [0.3, 0.4) is 0 Å². The van der Waals surface area contributed by atoms with Crippen LogP contribution in [-0.4, -0.2) is 31.3 Å². The predicted molar refractivity (Wildman–Crippen MR) is 133 cm³/mol. The number of nitrogens with one attached hydrogen (secondary N) is 2. The molecule has 2 N–H and O–H groups in total. The zero-order valence-electron chi connectivity index (χ0n) is 19.5. The molecule has 7 nitrogen and oxygen atoms in total. The standard InChI is InChI=1S/C28H26N2O5/c1-17-6-9-20(29-27(32)19-8-11-25-26(14-19)35-13-12-34-25)15-24(17)30-28(33)22-10-7-18-4-2-3-5-21(18)23(22)16-31/h6-11,14-16H,2-5,12-13H2,1H3,(H,29,32)(H,30,33). The van der Waals surface area contributed by atoms with Gasteiger partial charge in [-0.15, -0.1) is 0 Å². The van der Waals surface area contributed by atoms with Gasteiger partial charge in [-0.05, 0) is 85.7 Å². The average Bonchev–Trinajstić information content (AvgIpc) is 2.89. The van der Waals surface area contributed by atoms with Crippen LogP contribution in [0.2, 0.25) is 0 Å². The van der Waals surface area contributed by atoms with Crippen LogP contribution in [0.15, 0.2) is 48.5 Å². The highest BCUT2D eigenvalue weighted by atomic mass is 16.6. The van der Waals surface area contributed by atoms with Gasteiger partial charge in [0, 0.05) is 22.5 Å². The summed E-state index contributed by atoms with van der Waals surface area (Å²) < 4.78 is 11.1. The molecule has 0 aromatic heterocycles. The first-order valence-electron chi connectivity index (χ1n) is 11.8. The molecular weight excluding hydrogens is 444 g/mol. The number of hydrogen-bond acceptors (Lipinski definition) is 5. The third kappa shape index (κ3) is 4.62. The number of amides is 2. The van der Waals surface area contributed by atoms with Gasteiger partial charge in [0.2, 0.25) is 0 Å². The van der Waals surface area contributed by atoms with Gasteiger partial charge in [0.15, 0.2) is 17.8 Å². The molecule has 0 spiro atoms. The van der Waals surface area contributed by atoms with Crippen molar-refractivity contribution >= 4 is 29.5 Å². The number of aryl methyl sites for hydroxylation is 2. The van der Waals surface area contributed by atoms with E-state index in [2.05, 4.69) is 10.6 Å². The number of rotatable bonds is 5. The van der Waals surface area contributed by atoms with E-state index in [1.165, 1.54) is 0 Å². The topological polar surface area (TPSA) is 93.7 Å². The molecule has 7 heteroatoms. The molecule has 3 aromatic carbocycles. The van der Waals surface area contributed by atoms with Crippen LogP contribution in [0.25, 0.3) is 0 Å². The Bertz CT molecular complexity index is 1330. The summed E-state index contributed by atoms with van der Waals surface area (Å²) in [7, 11) is 0. The Morgan fingerprint density at radius 3 is 2.49 bits per heavy atom. The Morgan fingerprint density at radius 2 is 1.66 bits per heavy atom. The van der Waals surface area contributed by atoms with Crippen LogP contribution in [0.4, 0.5) is 11.4 Å². The molecular formula is C28H26N2O5. The molecule has 1 aliphatic carbocycles. The predicted octanol–water partition coefficient (Wildman–Crippen LogP) is 4.96. The molecule has 1 aliphatic heterocycles. The Hall–Kier alpha value is -4.13. The fourth-order valence-corrected chi connectivity index (χ4v) is 4.60. The van der Waals surface area contributed by atoms with E-state index in [1.807, 2.05) is 19.1 Å². The molecule has 0 saturated heterocycles. The molecule has 0 radical (unpaired) electrons. The van der Waals surface area contributed by atoms with E-state index < -0.39 is 0 Å². The third-order valence-electron chi connectivity index (χ3n) is 6.49. The number of carbonyl (C=O) groups is 3. The summed E-state index contributed by atoms with van der Waals surface area (Å²) in [5, 5.41) is 5.78. The quantitative estimate of drug-likeness (QED) is 0.514. The second-order valence-corrected chi connectivity index (χ2v) is 8.79. The van der Waals surface area contributed by atoms with E-state index >= 15 is 0 Å². The summed E-state index contributed by atoms with van der Waals surface area (Å²) in [5.41, 5.74) is 5.33. The van der Waals surface area contributed by atoms with Gasteiger partial charge in [0.05, 0.1) is 5.56 Å². The van der Waals surface area contributed by atoms with Gasteiger partial charge in [-0.2, -0.15) is 0 Å². The zero-order valence-corrected chi connectivity index (χ0v) is 19.5. The first-order chi connectivity index (χ1) is 17.0. The summed E-state index contributed by atoms with van der Waals surface area (Å²) in [6, 6.07) is 14.0. The van der Waals surface area contributed by atoms with E-state index in [9.17, 15) is 14.4 Å². The monoisotopic (exact) mass is 470 g/mol. The van der Waals surface area contributed by atoms with Crippen molar-refractivity contribution in [3.8, 4) is 11.5 Å². The molecule has 0 atom stereocenters. The molecule has 0 bridgehead atoms. The Kier molecular flexibility index (Phi) is 6.23. The lowest BCUT2D eigenvalue weighted by Gasteiger charge is -2.20. The van der Waals surface area contributed by atoms with Crippen molar-refractivity contribution in [3.05, 3.63) is 81.9 Å². The molecule has 178 valence electrons. The summed E-state index contributed by atoms with van der Waals surface area (Å²) in [6.45, 7) is 2.79. The highest BCUT2D eigenvalue weighted by molar-refractivity contribution is 6.10. The second kappa shape index (κ2) is 9.62. The maximum atomic E-state index is 13.1. The number of carbonyl (C=O) groups excluding carboxylic acids is 3. The van der Waals surface area contributed by atoms with Crippen molar-refractivity contribution in [2.45, 2.75) is 32.6 Å². The van der Waals surface area contributed by atoms with Gasteiger partial charge in [0.25, 0.3) is 11.8 Å². The smallest absolute Gasteiger partial charge is 0.256 e. The maximum Gasteiger partial charge on any atom is 0.256 e. The molecule has 3 aromatic rings. The minimum Gasteiger partial charge on any atom is -0.486 e. The molecule has 5 rings (SSSR count). The van der Waals surface area contributed by atoms with Crippen LogP contribution in [0, 0.1) is 6.92 Å². The van der Waals surface area contributed by atoms with E-state index in [4.69, 9.17) is 9.47 Å². The van der Waals surface area contributed by atoms with Gasteiger partial charge < -0.3 is 20.1 Å². The minimum atomic E-state index is -0.348. The van der Waals surface area contributed by atoms with Gasteiger partial charge in [-0.1, -0.05) is 12.1 Å². The maximum absolute atomic E-state index is 13.1. The number of aldehydes is 1. The molecule has 0 saturated carbocycles. The van der Waals surface area contributed by atoms with Gasteiger partial charge in [0.1, 0.15) is 13.2 Å². The lowest BCUT2D eigenvalue weighted by molar-refractivity contribution is 0.101. The third-order valence-corrected chi connectivity index (χ3v) is 6.49. The van der Waals surface area contributed by atoms with Crippen molar-refractivity contribution in [3.63, 3.8) is 0 Å². The van der Waals surface area contributed by atoms with E-state index in [0.717, 1.165) is 48.7 Å². The van der Waals surface area contributed by atoms with E-state index in [0.29, 0.717) is 52.8 Å². The summed E-state index contributed by atoms with van der Waals surface area (Å²) in [6.07, 6.45) is 4.65. The Balaban J connectivity index is 1.35. The first-order valence-corrected chi connectivity index (χ1v) is 11.8. The van der Waals surface area contributed by atoms with Gasteiger partial charge in [-0.25, -0.2) is 0 Å². The fourth-order valence-electron chi connectivity index (χ4n) is 4.60. The summed E-state index contributed by atoms with van der Waals surface area (Å²) in [5.74, 6) is 0.502. The fraction of sp³-hybridized carbons (Fsp3) is 0.250. The SMILES string of the molecule is Cc1ccc(NC(=O)c2ccc3c(c2)OCCO3)cc1NC(=O)c1ccc2c(c1C=O)CCCC2. The zero-order chi connectivity index (χ0) is 24.4. The van der Waals surface area contributed by atoms with Crippen molar-refractivity contribution < 1.29 is 23.9 Å². The van der Waals surface area contributed by atoms with Crippen molar-refractivity contribution in [2.24, 2.45) is 0 Å².